The topological polar surface area (TPSA) is 38.2 Å². The summed E-state index contributed by atoms with van der Waals surface area (Å²) < 4.78 is 5.01. The molecule has 0 aliphatic heterocycles. The van der Waals surface area contributed by atoms with Crippen LogP contribution in [0.4, 0.5) is 5.82 Å². The van der Waals surface area contributed by atoms with Gasteiger partial charge in [0.1, 0.15) is 17.6 Å². The van der Waals surface area contributed by atoms with Crippen LogP contribution in [0.5, 0.6) is 0 Å². The zero-order valence-electron chi connectivity index (χ0n) is 9.61. The highest BCUT2D eigenvalue weighted by atomic mass is 35.5. The fourth-order valence-corrected chi connectivity index (χ4v) is 1.82. The van der Waals surface area contributed by atoms with Crippen molar-refractivity contribution in [1.82, 2.24) is 9.97 Å². The molecule has 1 aliphatic rings. The summed E-state index contributed by atoms with van der Waals surface area (Å²) in [5.41, 5.74) is 0. The third kappa shape index (κ3) is 3.06. The second kappa shape index (κ2) is 4.97. The van der Waals surface area contributed by atoms with Crippen LogP contribution >= 0.6 is 11.6 Å². The first kappa shape index (κ1) is 11.6. The first-order chi connectivity index (χ1) is 7.69. The molecule has 0 amide bonds. The number of anilines is 1. The molecule has 2 rings (SSSR count). The van der Waals surface area contributed by atoms with Crippen molar-refractivity contribution in [2.45, 2.75) is 19.4 Å². The van der Waals surface area contributed by atoms with Gasteiger partial charge in [-0.15, -0.1) is 0 Å². The van der Waals surface area contributed by atoms with Crippen molar-refractivity contribution >= 4 is 17.4 Å². The van der Waals surface area contributed by atoms with Gasteiger partial charge in [0.25, 0.3) is 0 Å². The molecule has 0 spiro atoms. The van der Waals surface area contributed by atoms with Crippen LogP contribution < -0.4 is 4.90 Å². The zero-order chi connectivity index (χ0) is 11.5. The van der Waals surface area contributed by atoms with Crippen LogP contribution in [0, 0.1) is 5.92 Å². The van der Waals surface area contributed by atoms with Crippen LogP contribution in [0.2, 0.25) is 5.15 Å². The molecule has 0 atom stereocenters. The second-order valence-corrected chi connectivity index (χ2v) is 4.61. The van der Waals surface area contributed by atoms with Gasteiger partial charge in [0, 0.05) is 26.8 Å². The Hall–Kier alpha value is -0.870. The third-order valence-corrected chi connectivity index (χ3v) is 2.81. The first-order valence-corrected chi connectivity index (χ1v) is 5.80. The predicted molar refractivity (Wildman–Crippen MR) is 63.7 cm³/mol. The van der Waals surface area contributed by atoms with E-state index in [9.17, 15) is 0 Å². The monoisotopic (exact) mass is 241 g/mol. The Labute approximate surface area is 101 Å². The fourth-order valence-electron chi connectivity index (χ4n) is 1.62. The van der Waals surface area contributed by atoms with E-state index in [1.165, 1.54) is 12.8 Å². The van der Waals surface area contributed by atoms with Crippen molar-refractivity contribution in [1.29, 1.82) is 0 Å². The van der Waals surface area contributed by atoms with Crippen molar-refractivity contribution < 1.29 is 4.74 Å². The number of rotatable bonds is 5. The molecule has 0 saturated heterocycles. The predicted octanol–water partition coefficient (Wildman–Crippen LogP) is 2.12. The van der Waals surface area contributed by atoms with Gasteiger partial charge in [-0.05, 0) is 18.8 Å². The minimum Gasteiger partial charge on any atom is -0.377 e. The summed E-state index contributed by atoms with van der Waals surface area (Å²) in [6.45, 7) is 1.44. The van der Waals surface area contributed by atoms with E-state index in [2.05, 4.69) is 14.9 Å². The summed E-state index contributed by atoms with van der Waals surface area (Å²) in [6, 6.07) is 1.79. The smallest absolute Gasteiger partial charge is 0.158 e. The molecular weight excluding hydrogens is 226 g/mol. The minimum absolute atomic E-state index is 0.394. The largest absolute Gasteiger partial charge is 0.377 e. The summed E-state index contributed by atoms with van der Waals surface area (Å²) in [5, 5.41) is 0.472. The van der Waals surface area contributed by atoms with E-state index < -0.39 is 0 Å². The van der Waals surface area contributed by atoms with E-state index in [0.29, 0.717) is 17.6 Å². The SMILES string of the molecule is COCc1nc(Cl)cc(N(C)CC2CC2)n1. The lowest BCUT2D eigenvalue weighted by molar-refractivity contribution is 0.178. The Morgan fingerprint density at radius 3 is 2.88 bits per heavy atom. The molecule has 1 aromatic rings. The van der Waals surface area contributed by atoms with Crippen LogP contribution in [0.15, 0.2) is 6.07 Å². The van der Waals surface area contributed by atoms with Gasteiger partial charge >= 0.3 is 0 Å². The van der Waals surface area contributed by atoms with Crippen molar-refractivity contribution in [3.8, 4) is 0 Å². The van der Waals surface area contributed by atoms with E-state index in [1.54, 1.807) is 13.2 Å². The normalized spacial score (nSPS) is 15.2. The number of methoxy groups -OCH3 is 1. The molecule has 1 aliphatic carbocycles. The number of hydrogen-bond acceptors (Lipinski definition) is 4. The second-order valence-electron chi connectivity index (χ2n) is 4.22. The van der Waals surface area contributed by atoms with Crippen molar-refractivity contribution in [3.05, 3.63) is 17.0 Å². The van der Waals surface area contributed by atoms with Gasteiger partial charge in [-0.1, -0.05) is 11.6 Å². The fraction of sp³-hybridized carbons (Fsp3) is 0.636. The Morgan fingerprint density at radius 1 is 1.50 bits per heavy atom. The van der Waals surface area contributed by atoms with Crippen LogP contribution in [0.1, 0.15) is 18.7 Å². The Balaban J connectivity index is 2.11. The average Bonchev–Trinajstić information content (AvgIpc) is 3.01. The molecule has 0 unspecified atom stereocenters. The summed E-state index contributed by atoms with van der Waals surface area (Å²) >= 11 is 5.95. The molecule has 1 saturated carbocycles. The first-order valence-electron chi connectivity index (χ1n) is 5.42. The van der Waals surface area contributed by atoms with Gasteiger partial charge in [-0.3, -0.25) is 0 Å². The lowest BCUT2D eigenvalue weighted by Gasteiger charge is -2.18. The summed E-state index contributed by atoms with van der Waals surface area (Å²) in [6.07, 6.45) is 2.65. The van der Waals surface area contributed by atoms with Crippen molar-refractivity contribution in [2.24, 2.45) is 5.92 Å². The Morgan fingerprint density at radius 2 is 2.25 bits per heavy atom. The minimum atomic E-state index is 0.394. The Kier molecular flexibility index (Phi) is 3.61. The van der Waals surface area contributed by atoms with Gasteiger partial charge < -0.3 is 9.64 Å². The summed E-state index contributed by atoms with van der Waals surface area (Å²) in [5.74, 6) is 2.33. The summed E-state index contributed by atoms with van der Waals surface area (Å²) in [7, 11) is 3.66. The van der Waals surface area contributed by atoms with Gasteiger partial charge in [0.15, 0.2) is 5.82 Å². The van der Waals surface area contributed by atoms with Gasteiger partial charge in [0.05, 0.1) is 0 Å². The number of ether oxygens (including phenoxy) is 1. The standard InChI is InChI=1S/C11H16ClN3O/c1-15(6-8-3-4-8)11-5-9(12)13-10(14-11)7-16-2/h5,8H,3-4,6-7H2,1-2H3. The number of halogens is 1. The van der Waals surface area contributed by atoms with Crippen molar-refractivity contribution in [3.63, 3.8) is 0 Å². The third-order valence-electron chi connectivity index (χ3n) is 2.62. The molecule has 5 heteroatoms. The maximum atomic E-state index is 5.95. The quantitative estimate of drug-likeness (QED) is 0.741. The molecule has 1 fully saturated rings. The van der Waals surface area contributed by atoms with Crippen LogP contribution in [-0.2, 0) is 11.3 Å². The van der Waals surface area contributed by atoms with Crippen molar-refractivity contribution in [2.75, 3.05) is 25.6 Å². The molecule has 0 bridgehead atoms. The molecule has 16 heavy (non-hydrogen) atoms. The summed E-state index contributed by atoms with van der Waals surface area (Å²) in [4.78, 5) is 10.6. The molecule has 88 valence electrons. The highest BCUT2D eigenvalue weighted by Gasteiger charge is 2.23. The van der Waals surface area contributed by atoms with E-state index in [1.807, 2.05) is 7.05 Å². The lowest BCUT2D eigenvalue weighted by atomic mass is 10.4. The molecule has 0 radical (unpaired) electrons. The van der Waals surface area contributed by atoms with Gasteiger partial charge in [-0.25, -0.2) is 9.97 Å². The average molecular weight is 242 g/mol. The van der Waals surface area contributed by atoms with E-state index in [0.717, 1.165) is 18.3 Å². The molecule has 1 heterocycles. The number of aromatic nitrogens is 2. The van der Waals surface area contributed by atoms with E-state index in [4.69, 9.17) is 16.3 Å². The maximum absolute atomic E-state index is 5.95. The molecule has 0 N–H and O–H groups in total. The number of nitrogens with zero attached hydrogens (tertiary/aromatic N) is 3. The van der Waals surface area contributed by atoms with Crippen LogP contribution in [-0.4, -0.2) is 30.7 Å². The molecule has 1 aromatic heterocycles. The highest BCUT2D eigenvalue weighted by molar-refractivity contribution is 6.29. The zero-order valence-corrected chi connectivity index (χ0v) is 10.4. The van der Waals surface area contributed by atoms with Gasteiger partial charge in [0.2, 0.25) is 0 Å². The van der Waals surface area contributed by atoms with E-state index >= 15 is 0 Å². The van der Waals surface area contributed by atoms with Gasteiger partial charge in [-0.2, -0.15) is 0 Å². The highest BCUT2D eigenvalue weighted by Crippen LogP contribution is 2.30. The maximum Gasteiger partial charge on any atom is 0.158 e. The molecular formula is C11H16ClN3O. The molecule has 0 aromatic carbocycles. The molecule has 4 nitrogen and oxygen atoms in total. The Bertz CT molecular complexity index is 368. The van der Waals surface area contributed by atoms with E-state index in [-0.39, 0.29) is 0 Å². The number of hydrogen-bond donors (Lipinski definition) is 0. The van der Waals surface area contributed by atoms with Crippen LogP contribution in [0.25, 0.3) is 0 Å². The van der Waals surface area contributed by atoms with Crippen LogP contribution in [0.3, 0.4) is 0 Å². The lowest BCUT2D eigenvalue weighted by Crippen LogP contribution is -2.21.